The van der Waals surface area contributed by atoms with Gasteiger partial charge in [0, 0.05) is 12.7 Å². The number of hydrazine groups is 1. The summed E-state index contributed by atoms with van der Waals surface area (Å²) < 4.78 is 41.8. The highest BCUT2D eigenvalue weighted by molar-refractivity contribution is 5.92. The molecule has 20 heavy (non-hydrogen) atoms. The summed E-state index contributed by atoms with van der Waals surface area (Å²) in [6.07, 6.45) is -4.75. The average molecular weight is 292 g/mol. The third-order valence-corrected chi connectivity index (χ3v) is 2.00. The maximum absolute atomic E-state index is 12.5. The van der Waals surface area contributed by atoms with Gasteiger partial charge in [-0.05, 0) is 12.1 Å². The van der Waals surface area contributed by atoms with E-state index in [0.29, 0.717) is 12.1 Å². The van der Waals surface area contributed by atoms with Gasteiger partial charge in [0.15, 0.2) is 5.82 Å². The van der Waals surface area contributed by atoms with Crippen molar-refractivity contribution < 1.29 is 32.6 Å². The van der Waals surface area contributed by atoms with Crippen LogP contribution in [0.15, 0.2) is 12.1 Å². The minimum absolute atomic E-state index is 0.368. The van der Waals surface area contributed by atoms with E-state index in [1.165, 1.54) is 7.11 Å². The fourth-order valence-electron chi connectivity index (χ4n) is 1.17. The Morgan fingerprint density at radius 2 is 2.05 bits per heavy atom. The molecule has 0 radical (unpaired) electrons. The summed E-state index contributed by atoms with van der Waals surface area (Å²) in [5, 5.41) is 10.7. The number of nitrogens with one attached hydrogen (secondary N) is 2. The van der Waals surface area contributed by atoms with Gasteiger partial charge in [0.05, 0.1) is 5.97 Å². The van der Waals surface area contributed by atoms with E-state index in [2.05, 4.69) is 9.72 Å². The number of ether oxygens (including phenoxy) is 1. The Balaban J connectivity index is 3.01. The highest BCUT2D eigenvalue weighted by Crippen LogP contribution is 2.29. The number of carboxylic acids is 1. The van der Waals surface area contributed by atoms with Crippen LogP contribution in [0.3, 0.4) is 0 Å². The Bertz CT molecular complexity index is 519. The van der Waals surface area contributed by atoms with Crippen LogP contribution in [0.2, 0.25) is 0 Å². The van der Waals surface area contributed by atoms with E-state index in [1.54, 1.807) is 0 Å². The molecule has 110 valence electrons. The highest BCUT2D eigenvalue weighted by atomic mass is 19.4. The topological polar surface area (TPSA) is 103 Å². The number of rotatable bonds is 5. The van der Waals surface area contributed by atoms with E-state index in [9.17, 15) is 27.9 Å². The van der Waals surface area contributed by atoms with E-state index < -0.39 is 35.1 Å². The second-order valence-electron chi connectivity index (χ2n) is 3.48. The number of pyridine rings is 1. The second-order valence-corrected chi connectivity index (χ2v) is 3.48. The molecule has 0 bridgehead atoms. The largest absolute Gasteiger partial charge is 0.545 e. The minimum Gasteiger partial charge on any atom is -0.545 e. The van der Waals surface area contributed by atoms with Gasteiger partial charge >= 0.3 is 6.18 Å². The van der Waals surface area contributed by atoms with Crippen LogP contribution in [-0.4, -0.2) is 30.6 Å². The molecule has 0 unspecified atom stereocenters. The van der Waals surface area contributed by atoms with Crippen molar-refractivity contribution in [2.24, 2.45) is 0 Å². The molecule has 0 aromatic carbocycles. The summed E-state index contributed by atoms with van der Waals surface area (Å²) >= 11 is 0. The predicted octanol–water partition coefficient (Wildman–Crippen LogP) is -0.447. The van der Waals surface area contributed by atoms with Crippen LogP contribution in [-0.2, 0) is 15.7 Å². The summed E-state index contributed by atoms with van der Waals surface area (Å²) in [6.45, 7) is -0.368. The van der Waals surface area contributed by atoms with Crippen LogP contribution in [0.5, 0.6) is 0 Å². The number of hydrogen-bond acceptors (Lipinski definition) is 6. The summed E-state index contributed by atoms with van der Waals surface area (Å²) in [4.78, 5) is 24.9. The number of amides is 1. The molecule has 0 fully saturated rings. The first-order chi connectivity index (χ1) is 9.25. The van der Waals surface area contributed by atoms with Crippen LogP contribution in [0.25, 0.3) is 0 Å². The van der Waals surface area contributed by atoms with E-state index in [-0.39, 0.29) is 6.61 Å². The van der Waals surface area contributed by atoms with Gasteiger partial charge < -0.3 is 14.6 Å². The number of anilines is 1. The smallest absolute Gasteiger partial charge is 0.433 e. The second kappa shape index (κ2) is 6.19. The van der Waals surface area contributed by atoms with Gasteiger partial charge in [0.1, 0.15) is 12.3 Å². The Morgan fingerprint density at radius 3 is 2.55 bits per heavy atom. The molecule has 7 nitrogen and oxygen atoms in total. The van der Waals surface area contributed by atoms with Crippen LogP contribution in [0.1, 0.15) is 16.1 Å². The van der Waals surface area contributed by atoms with Crippen LogP contribution in [0.4, 0.5) is 19.0 Å². The lowest BCUT2D eigenvalue weighted by atomic mass is 10.2. The first-order valence-electron chi connectivity index (χ1n) is 5.09. The number of alkyl halides is 3. The van der Waals surface area contributed by atoms with Crippen LogP contribution in [0, 0.1) is 0 Å². The van der Waals surface area contributed by atoms with E-state index in [1.807, 2.05) is 10.9 Å². The quantitative estimate of drug-likeness (QED) is 0.713. The molecule has 1 rings (SSSR count). The number of carbonyl (C=O) groups is 2. The lowest BCUT2D eigenvalue weighted by Gasteiger charge is -2.15. The zero-order valence-electron chi connectivity index (χ0n) is 10.1. The molecule has 1 aromatic heterocycles. The minimum atomic E-state index is -4.75. The number of nitrogens with zero attached hydrogens (tertiary/aromatic N) is 1. The third-order valence-electron chi connectivity index (χ3n) is 2.00. The molecular formula is C10H9F3N3O4-. The zero-order valence-corrected chi connectivity index (χ0v) is 10.1. The molecule has 0 atom stereocenters. The molecule has 1 heterocycles. The lowest BCUT2D eigenvalue weighted by Crippen LogP contribution is -2.35. The molecule has 0 aliphatic rings. The maximum atomic E-state index is 12.5. The fourth-order valence-corrected chi connectivity index (χ4v) is 1.17. The fraction of sp³-hybridized carbons (Fsp3) is 0.300. The van der Waals surface area contributed by atoms with Crippen LogP contribution >= 0.6 is 0 Å². The summed E-state index contributed by atoms with van der Waals surface area (Å²) in [6, 6.07) is 1.17. The van der Waals surface area contributed by atoms with Gasteiger partial charge in [-0.25, -0.2) is 4.98 Å². The Labute approximate surface area is 110 Å². The number of aromatic nitrogens is 1. The zero-order chi connectivity index (χ0) is 15.3. The Hall–Kier alpha value is -2.36. The highest BCUT2D eigenvalue weighted by Gasteiger charge is 2.33. The molecule has 1 amide bonds. The van der Waals surface area contributed by atoms with Gasteiger partial charge in [0.25, 0.3) is 5.91 Å². The van der Waals surface area contributed by atoms with Gasteiger partial charge in [-0.15, -0.1) is 0 Å². The molecular weight excluding hydrogens is 283 g/mol. The summed E-state index contributed by atoms with van der Waals surface area (Å²) in [5.41, 5.74) is 1.98. The van der Waals surface area contributed by atoms with Crippen molar-refractivity contribution in [2.75, 3.05) is 19.1 Å². The van der Waals surface area contributed by atoms with Crippen molar-refractivity contribution in [3.8, 4) is 0 Å². The SMILES string of the molecule is COCC(=O)NNc1nc(C(F)(F)F)ccc1C(=O)[O-]. The number of carbonyl (C=O) groups excluding carboxylic acids is 2. The molecule has 2 N–H and O–H groups in total. The molecule has 0 spiro atoms. The van der Waals surface area contributed by atoms with Crippen LogP contribution < -0.4 is 16.0 Å². The molecule has 0 aliphatic carbocycles. The van der Waals surface area contributed by atoms with Crippen molar-refractivity contribution in [2.45, 2.75) is 6.18 Å². The standard InChI is InChI=1S/C10H10F3N3O4/c1-20-4-7(17)15-16-8-5(9(18)19)2-3-6(14-8)10(11,12)13/h2-3H,4H2,1H3,(H,14,16)(H,15,17)(H,18,19)/p-1. The van der Waals surface area contributed by atoms with Gasteiger partial charge in [-0.1, -0.05) is 0 Å². The monoisotopic (exact) mass is 292 g/mol. The molecule has 1 aromatic rings. The molecule has 0 saturated heterocycles. The molecule has 0 saturated carbocycles. The number of aromatic carboxylic acids is 1. The van der Waals surface area contributed by atoms with Crippen molar-refractivity contribution in [3.63, 3.8) is 0 Å². The van der Waals surface area contributed by atoms with Gasteiger partial charge in [-0.3, -0.25) is 15.6 Å². The van der Waals surface area contributed by atoms with Gasteiger partial charge in [0.2, 0.25) is 0 Å². The first-order valence-corrected chi connectivity index (χ1v) is 5.09. The number of methoxy groups -OCH3 is 1. The summed E-state index contributed by atoms with van der Waals surface area (Å²) in [5.74, 6) is -3.16. The Morgan fingerprint density at radius 1 is 1.40 bits per heavy atom. The summed E-state index contributed by atoms with van der Waals surface area (Å²) in [7, 11) is 1.23. The third kappa shape index (κ3) is 4.09. The van der Waals surface area contributed by atoms with Gasteiger partial charge in [-0.2, -0.15) is 13.2 Å². The predicted molar refractivity (Wildman–Crippen MR) is 57.2 cm³/mol. The Kier molecular flexibility index (Phi) is 4.86. The lowest BCUT2D eigenvalue weighted by molar-refractivity contribution is -0.255. The number of carboxylic acid groups (broad SMARTS) is 1. The number of halogens is 3. The van der Waals surface area contributed by atoms with Crippen molar-refractivity contribution in [1.29, 1.82) is 0 Å². The van der Waals surface area contributed by atoms with E-state index in [4.69, 9.17) is 0 Å². The average Bonchev–Trinajstić information content (AvgIpc) is 2.35. The van der Waals surface area contributed by atoms with E-state index >= 15 is 0 Å². The van der Waals surface area contributed by atoms with Crippen molar-refractivity contribution in [1.82, 2.24) is 10.4 Å². The maximum Gasteiger partial charge on any atom is 0.433 e. The first kappa shape index (κ1) is 15.7. The van der Waals surface area contributed by atoms with Crippen molar-refractivity contribution >= 4 is 17.7 Å². The van der Waals surface area contributed by atoms with Crippen molar-refractivity contribution in [3.05, 3.63) is 23.4 Å². The molecule has 0 aliphatic heterocycles. The van der Waals surface area contributed by atoms with E-state index in [0.717, 1.165) is 0 Å². The number of hydrogen-bond donors (Lipinski definition) is 2. The molecule has 10 heteroatoms. The normalized spacial score (nSPS) is 11.0.